The first-order valence-corrected chi connectivity index (χ1v) is 11.1. The Morgan fingerprint density at radius 3 is 1.88 bits per heavy atom. The molecule has 0 saturated carbocycles. The molecule has 0 fully saturated rings. The normalized spacial score (nSPS) is 10.8. The maximum atomic E-state index is 12.1. The topological polar surface area (TPSA) is 20.2 Å². The predicted molar refractivity (Wildman–Crippen MR) is 113 cm³/mol. The number of hydrogen-bond donors (Lipinski definition) is 1. The van der Waals surface area contributed by atoms with Gasteiger partial charge in [0.2, 0.25) is 0 Å². The van der Waals surface area contributed by atoms with E-state index in [1.54, 1.807) is 0 Å². The maximum Gasteiger partial charge on any atom is 0.286 e. The van der Waals surface area contributed by atoms with Crippen molar-refractivity contribution in [3.63, 3.8) is 0 Å². The van der Waals surface area contributed by atoms with Crippen molar-refractivity contribution in [1.82, 2.24) is 0 Å². The molecule has 3 aromatic rings. The number of benzene rings is 3. The van der Waals surface area contributed by atoms with Crippen molar-refractivity contribution in [3.8, 4) is 11.8 Å². The van der Waals surface area contributed by atoms with Crippen LogP contribution in [-0.4, -0.2) is 13.1 Å². The SMILES string of the molecule is CCCCC#Cc1ccccc1[Si](O)(c1ccccc1)c1ccccc1. The molecule has 3 aromatic carbocycles. The van der Waals surface area contributed by atoms with Crippen LogP contribution in [0, 0.1) is 11.8 Å². The summed E-state index contributed by atoms with van der Waals surface area (Å²) in [6.45, 7) is 2.17. The summed E-state index contributed by atoms with van der Waals surface area (Å²) in [6.07, 6.45) is 3.14. The Hall–Kier alpha value is -2.60. The predicted octanol–water partition coefficient (Wildman–Crippen LogP) is 3.19. The van der Waals surface area contributed by atoms with Crippen molar-refractivity contribution in [1.29, 1.82) is 0 Å². The Morgan fingerprint density at radius 2 is 1.31 bits per heavy atom. The van der Waals surface area contributed by atoms with E-state index in [1.165, 1.54) is 0 Å². The summed E-state index contributed by atoms with van der Waals surface area (Å²) in [4.78, 5) is 12.1. The van der Waals surface area contributed by atoms with E-state index in [1.807, 2.05) is 84.9 Å². The van der Waals surface area contributed by atoms with Crippen molar-refractivity contribution >= 4 is 23.9 Å². The average molecular weight is 357 g/mol. The van der Waals surface area contributed by atoms with Crippen LogP contribution in [0.2, 0.25) is 0 Å². The van der Waals surface area contributed by atoms with Gasteiger partial charge in [-0.3, -0.25) is 0 Å². The first-order chi connectivity index (χ1) is 12.8. The van der Waals surface area contributed by atoms with Crippen LogP contribution in [0.3, 0.4) is 0 Å². The quantitative estimate of drug-likeness (QED) is 0.322. The van der Waals surface area contributed by atoms with Gasteiger partial charge in [-0.15, -0.1) is 0 Å². The van der Waals surface area contributed by atoms with Crippen molar-refractivity contribution in [2.45, 2.75) is 26.2 Å². The summed E-state index contributed by atoms with van der Waals surface area (Å²) in [6, 6.07) is 28.1. The fourth-order valence-corrected chi connectivity index (χ4v) is 6.34. The molecule has 0 aliphatic rings. The van der Waals surface area contributed by atoms with Crippen LogP contribution < -0.4 is 15.6 Å². The van der Waals surface area contributed by atoms with Crippen LogP contribution in [0.15, 0.2) is 84.9 Å². The zero-order valence-corrected chi connectivity index (χ0v) is 16.2. The maximum absolute atomic E-state index is 12.1. The molecule has 0 saturated heterocycles. The number of rotatable bonds is 5. The summed E-state index contributed by atoms with van der Waals surface area (Å²) in [7, 11) is -3.09. The summed E-state index contributed by atoms with van der Waals surface area (Å²) >= 11 is 0. The fourth-order valence-electron chi connectivity index (χ4n) is 3.17. The highest BCUT2D eigenvalue weighted by Gasteiger charge is 2.39. The molecule has 0 atom stereocenters. The first-order valence-electron chi connectivity index (χ1n) is 9.18. The van der Waals surface area contributed by atoms with Crippen LogP contribution in [0.4, 0.5) is 0 Å². The van der Waals surface area contributed by atoms with Crippen LogP contribution in [0.5, 0.6) is 0 Å². The molecule has 0 aliphatic carbocycles. The second kappa shape index (κ2) is 8.67. The zero-order valence-electron chi connectivity index (χ0n) is 15.2. The van der Waals surface area contributed by atoms with E-state index in [-0.39, 0.29) is 0 Å². The van der Waals surface area contributed by atoms with Gasteiger partial charge >= 0.3 is 0 Å². The Kier molecular flexibility index (Phi) is 6.07. The molecule has 0 radical (unpaired) electrons. The molecule has 2 heteroatoms. The van der Waals surface area contributed by atoms with Gasteiger partial charge in [0.15, 0.2) is 0 Å². The monoisotopic (exact) mass is 356 g/mol. The number of unbranched alkanes of at least 4 members (excludes halogenated alkanes) is 2. The molecule has 26 heavy (non-hydrogen) atoms. The minimum atomic E-state index is -3.09. The van der Waals surface area contributed by atoms with Crippen molar-refractivity contribution in [2.24, 2.45) is 0 Å². The Bertz CT molecular complexity index is 852. The van der Waals surface area contributed by atoms with Crippen LogP contribution in [-0.2, 0) is 0 Å². The lowest BCUT2D eigenvalue weighted by Crippen LogP contribution is -2.68. The van der Waals surface area contributed by atoms with Gasteiger partial charge in [-0.25, -0.2) is 0 Å². The van der Waals surface area contributed by atoms with E-state index < -0.39 is 8.32 Å². The fraction of sp³-hybridized carbons (Fsp3) is 0.167. The number of hydrogen-bond acceptors (Lipinski definition) is 1. The molecule has 130 valence electrons. The highest BCUT2D eigenvalue weighted by Crippen LogP contribution is 2.08. The smallest absolute Gasteiger partial charge is 0.286 e. The molecular weight excluding hydrogens is 332 g/mol. The minimum absolute atomic E-state index is 0.890. The van der Waals surface area contributed by atoms with E-state index in [0.29, 0.717) is 0 Å². The Balaban J connectivity index is 2.17. The zero-order chi connectivity index (χ0) is 18.2. The largest absolute Gasteiger partial charge is 0.421 e. The Labute approximate surface area is 157 Å². The second-order valence-electron chi connectivity index (χ2n) is 6.39. The molecule has 0 heterocycles. The lowest BCUT2D eigenvalue weighted by Gasteiger charge is -2.28. The molecule has 0 bridgehead atoms. The molecule has 0 aromatic heterocycles. The van der Waals surface area contributed by atoms with Crippen molar-refractivity contribution < 1.29 is 4.80 Å². The van der Waals surface area contributed by atoms with E-state index >= 15 is 0 Å². The standard InChI is InChI=1S/C24H24OSi/c1-2-3-4-7-14-21-15-12-13-20-24(21)26(25,22-16-8-5-9-17-22)23-18-10-6-11-19-23/h5-6,8-13,15-20,25H,2-4H2,1H3. The van der Waals surface area contributed by atoms with Gasteiger partial charge in [-0.1, -0.05) is 104 Å². The van der Waals surface area contributed by atoms with Crippen LogP contribution >= 0.6 is 0 Å². The molecular formula is C24H24OSi. The van der Waals surface area contributed by atoms with E-state index in [0.717, 1.165) is 40.4 Å². The van der Waals surface area contributed by atoms with Gasteiger partial charge < -0.3 is 4.80 Å². The lowest BCUT2D eigenvalue weighted by atomic mass is 10.2. The summed E-state index contributed by atoms with van der Waals surface area (Å²) in [5.74, 6) is 6.60. The Morgan fingerprint density at radius 1 is 0.769 bits per heavy atom. The van der Waals surface area contributed by atoms with Crippen LogP contribution in [0.1, 0.15) is 31.7 Å². The van der Waals surface area contributed by atoms with E-state index in [9.17, 15) is 4.80 Å². The van der Waals surface area contributed by atoms with Gasteiger partial charge in [0.1, 0.15) is 0 Å². The van der Waals surface area contributed by atoms with Gasteiger partial charge in [-0.05, 0) is 28.0 Å². The van der Waals surface area contributed by atoms with Gasteiger partial charge in [-0.2, -0.15) is 0 Å². The van der Waals surface area contributed by atoms with Crippen LogP contribution in [0.25, 0.3) is 0 Å². The van der Waals surface area contributed by atoms with Gasteiger partial charge in [0.25, 0.3) is 8.32 Å². The molecule has 0 aliphatic heterocycles. The molecule has 1 nitrogen and oxygen atoms in total. The molecule has 0 unspecified atom stereocenters. The first kappa shape index (κ1) is 18.2. The lowest BCUT2D eigenvalue weighted by molar-refractivity contribution is 0.583. The third kappa shape index (κ3) is 3.80. The minimum Gasteiger partial charge on any atom is -0.421 e. The third-order valence-corrected chi connectivity index (χ3v) is 8.13. The molecule has 3 rings (SSSR count). The van der Waals surface area contributed by atoms with Gasteiger partial charge in [0, 0.05) is 12.0 Å². The molecule has 0 amide bonds. The summed E-state index contributed by atoms with van der Waals surface area (Å²) in [5.41, 5.74) is 0.936. The third-order valence-electron chi connectivity index (χ3n) is 4.58. The highest BCUT2D eigenvalue weighted by molar-refractivity contribution is 7.06. The van der Waals surface area contributed by atoms with E-state index in [4.69, 9.17) is 0 Å². The van der Waals surface area contributed by atoms with Crippen molar-refractivity contribution in [3.05, 3.63) is 90.5 Å². The second-order valence-corrected chi connectivity index (χ2v) is 9.51. The summed E-state index contributed by atoms with van der Waals surface area (Å²) < 4.78 is 0. The highest BCUT2D eigenvalue weighted by atomic mass is 28.4. The average Bonchev–Trinajstić information content (AvgIpc) is 2.72. The molecule has 1 N–H and O–H groups in total. The van der Waals surface area contributed by atoms with E-state index in [2.05, 4.69) is 18.8 Å². The van der Waals surface area contributed by atoms with Crippen molar-refractivity contribution in [2.75, 3.05) is 0 Å². The summed E-state index contributed by atoms with van der Waals surface area (Å²) in [5, 5.41) is 2.92. The molecule has 0 spiro atoms. The van der Waals surface area contributed by atoms with Gasteiger partial charge in [0.05, 0.1) is 0 Å².